The Morgan fingerprint density at radius 1 is 1.20 bits per heavy atom. The first kappa shape index (κ1) is 12.9. The van der Waals surface area contributed by atoms with Crippen LogP contribution < -0.4 is 5.32 Å². The van der Waals surface area contributed by atoms with Gasteiger partial charge in [0.25, 0.3) is 0 Å². The second-order valence-corrected chi connectivity index (χ2v) is 4.27. The fourth-order valence-electron chi connectivity index (χ4n) is 1.15. The second-order valence-electron chi connectivity index (χ2n) is 3.08. The zero-order valence-corrected chi connectivity index (χ0v) is 10.5. The molecule has 0 radical (unpaired) electrons. The van der Waals surface area contributed by atoms with Gasteiger partial charge in [0.1, 0.15) is 0 Å². The van der Waals surface area contributed by atoms with E-state index in [9.17, 15) is 0 Å². The van der Waals surface area contributed by atoms with Crippen molar-refractivity contribution in [2.24, 2.45) is 0 Å². The summed E-state index contributed by atoms with van der Waals surface area (Å²) in [5.74, 6) is 0. The Bertz CT molecular complexity index is 350. The maximum absolute atomic E-state index is 6.03. The van der Waals surface area contributed by atoms with Crippen LogP contribution in [0.4, 0.5) is 0 Å². The van der Waals surface area contributed by atoms with Crippen LogP contribution in [0.1, 0.15) is 12.0 Å². The Hall–Kier alpha value is -0.210. The summed E-state index contributed by atoms with van der Waals surface area (Å²) in [6.07, 6.45) is 2.77. The van der Waals surface area contributed by atoms with Crippen LogP contribution in [0.25, 0.3) is 0 Å². The van der Waals surface area contributed by atoms with Gasteiger partial charge in [-0.1, -0.05) is 40.9 Å². The molecule has 0 amide bonds. The molecule has 0 aromatic heterocycles. The second kappa shape index (κ2) is 6.39. The van der Waals surface area contributed by atoms with E-state index in [4.69, 9.17) is 34.8 Å². The van der Waals surface area contributed by atoms with Crippen LogP contribution in [-0.4, -0.2) is 6.54 Å². The molecule has 0 bridgehead atoms. The van der Waals surface area contributed by atoms with Gasteiger partial charge in [-0.3, -0.25) is 0 Å². The number of hydrogen-bond donors (Lipinski definition) is 1. The average molecular weight is 265 g/mol. The third-order valence-corrected chi connectivity index (χ3v) is 3.16. The summed E-state index contributed by atoms with van der Waals surface area (Å²) in [7, 11) is 0. The van der Waals surface area contributed by atoms with E-state index in [0.29, 0.717) is 21.6 Å². The van der Waals surface area contributed by atoms with Crippen molar-refractivity contribution >= 4 is 34.8 Å². The van der Waals surface area contributed by atoms with E-state index in [0.717, 1.165) is 18.5 Å². The fraction of sp³-hybridized carbons (Fsp3) is 0.273. The summed E-state index contributed by atoms with van der Waals surface area (Å²) in [6, 6.07) is 3.44. The Kier molecular flexibility index (Phi) is 5.48. The van der Waals surface area contributed by atoms with Gasteiger partial charge in [-0.05, 0) is 25.1 Å². The lowest BCUT2D eigenvalue weighted by Gasteiger charge is -2.09. The molecule has 1 aromatic rings. The van der Waals surface area contributed by atoms with Gasteiger partial charge in [-0.15, -0.1) is 6.58 Å². The van der Waals surface area contributed by atoms with Crippen LogP contribution in [-0.2, 0) is 6.54 Å². The molecule has 0 saturated carbocycles. The van der Waals surface area contributed by atoms with Gasteiger partial charge in [-0.2, -0.15) is 0 Å². The highest BCUT2D eigenvalue weighted by Crippen LogP contribution is 2.31. The van der Waals surface area contributed by atoms with E-state index in [1.54, 1.807) is 12.1 Å². The van der Waals surface area contributed by atoms with Gasteiger partial charge in [0.15, 0.2) is 0 Å². The molecular formula is C11H12Cl3N. The zero-order valence-electron chi connectivity index (χ0n) is 8.19. The van der Waals surface area contributed by atoms with Gasteiger partial charge in [0, 0.05) is 17.1 Å². The van der Waals surface area contributed by atoms with Crippen LogP contribution in [0.15, 0.2) is 24.8 Å². The van der Waals surface area contributed by atoms with Crippen molar-refractivity contribution in [1.82, 2.24) is 5.32 Å². The first-order chi connectivity index (χ1) is 7.16. The van der Waals surface area contributed by atoms with Crippen molar-refractivity contribution in [2.75, 3.05) is 6.54 Å². The first-order valence-electron chi connectivity index (χ1n) is 4.60. The monoisotopic (exact) mass is 263 g/mol. The van der Waals surface area contributed by atoms with Crippen LogP contribution >= 0.6 is 34.8 Å². The van der Waals surface area contributed by atoms with Crippen molar-refractivity contribution in [3.05, 3.63) is 45.4 Å². The Morgan fingerprint density at radius 2 is 1.87 bits per heavy atom. The molecule has 4 heteroatoms. The number of rotatable bonds is 5. The highest BCUT2D eigenvalue weighted by atomic mass is 35.5. The maximum Gasteiger partial charge on any atom is 0.0652 e. The Morgan fingerprint density at radius 3 is 2.53 bits per heavy atom. The van der Waals surface area contributed by atoms with E-state index in [1.165, 1.54) is 0 Å². The zero-order chi connectivity index (χ0) is 11.3. The molecule has 82 valence electrons. The standard InChI is InChI=1S/C11H12Cl3N/c1-2-3-6-15-7-8-9(12)4-5-10(13)11(8)14/h2,4-5,15H,1,3,6-7H2. The fourth-order valence-corrected chi connectivity index (χ4v) is 1.83. The van der Waals surface area contributed by atoms with Crippen molar-refractivity contribution < 1.29 is 0 Å². The largest absolute Gasteiger partial charge is 0.312 e. The molecule has 15 heavy (non-hydrogen) atoms. The summed E-state index contributed by atoms with van der Waals surface area (Å²) in [5.41, 5.74) is 0.842. The predicted octanol–water partition coefficient (Wildman–Crippen LogP) is 4.31. The summed E-state index contributed by atoms with van der Waals surface area (Å²) in [5, 5.41) is 4.90. The summed E-state index contributed by atoms with van der Waals surface area (Å²) in [4.78, 5) is 0. The molecular weight excluding hydrogens is 252 g/mol. The molecule has 0 aliphatic carbocycles. The minimum absolute atomic E-state index is 0.523. The molecule has 0 fully saturated rings. The molecule has 0 spiro atoms. The van der Waals surface area contributed by atoms with Gasteiger partial charge in [-0.25, -0.2) is 0 Å². The quantitative estimate of drug-likeness (QED) is 0.475. The summed E-state index contributed by atoms with van der Waals surface area (Å²) < 4.78 is 0. The van der Waals surface area contributed by atoms with Crippen LogP contribution in [0.2, 0.25) is 15.1 Å². The Labute approximate surface area is 105 Å². The maximum atomic E-state index is 6.03. The average Bonchev–Trinajstić information content (AvgIpc) is 2.23. The molecule has 0 atom stereocenters. The van der Waals surface area contributed by atoms with Crippen molar-refractivity contribution in [1.29, 1.82) is 0 Å². The SMILES string of the molecule is C=CCCNCc1c(Cl)ccc(Cl)c1Cl. The van der Waals surface area contributed by atoms with Crippen molar-refractivity contribution in [3.8, 4) is 0 Å². The van der Waals surface area contributed by atoms with E-state index in [2.05, 4.69) is 11.9 Å². The topological polar surface area (TPSA) is 12.0 Å². The van der Waals surface area contributed by atoms with Gasteiger partial charge >= 0.3 is 0 Å². The third-order valence-electron chi connectivity index (χ3n) is 1.97. The minimum Gasteiger partial charge on any atom is -0.312 e. The number of halogens is 3. The number of nitrogens with one attached hydrogen (secondary N) is 1. The Balaban J connectivity index is 2.67. The van der Waals surface area contributed by atoms with Gasteiger partial charge in [0.2, 0.25) is 0 Å². The molecule has 1 rings (SSSR count). The van der Waals surface area contributed by atoms with E-state index in [-0.39, 0.29) is 0 Å². The van der Waals surface area contributed by atoms with Gasteiger partial charge in [0.05, 0.1) is 10.0 Å². The smallest absolute Gasteiger partial charge is 0.0652 e. The third kappa shape index (κ3) is 3.69. The normalized spacial score (nSPS) is 10.3. The van der Waals surface area contributed by atoms with Crippen molar-refractivity contribution in [2.45, 2.75) is 13.0 Å². The number of hydrogen-bond acceptors (Lipinski definition) is 1. The summed E-state index contributed by atoms with van der Waals surface area (Å²) in [6.45, 7) is 5.11. The molecule has 1 N–H and O–H groups in total. The highest BCUT2D eigenvalue weighted by Gasteiger charge is 2.08. The van der Waals surface area contributed by atoms with Crippen LogP contribution in [0.5, 0.6) is 0 Å². The minimum atomic E-state index is 0.523. The van der Waals surface area contributed by atoms with Crippen LogP contribution in [0.3, 0.4) is 0 Å². The molecule has 0 aliphatic heterocycles. The molecule has 0 aliphatic rings. The first-order valence-corrected chi connectivity index (χ1v) is 5.74. The van der Waals surface area contributed by atoms with Crippen LogP contribution in [0, 0.1) is 0 Å². The lowest BCUT2D eigenvalue weighted by Crippen LogP contribution is -2.14. The van der Waals surface area contributed by atoms with E-state index in [1.807, 2.05) is 6.08 Å². The van der Waals surface area contributed by atoms with E-state index < -0.39 is 0 Å². The number of benzene rings is 1. The lowest BCUT2D eigenvalue weighted by molar-refractivity contribution is 0.696. The molecule has 0 unspecified atom stereocenters. The van der Waals surface area contributed by atoms with E-state index >= 15 is 0 Å². The molecule has 1 aromatic carbocycles. The van der Waals surface area contributed by atoms with Gasteiger partial charge < -0.3 is 5.32 Å². The summed E-state index contributed by atoms with van der Waals surface area (Å²) >= 11 is 17.9. The van der Waals surface area contributed by atoms with Crippen molar-refractivity contribution in [3.63, 3.8) is 0 Å². The molecule has 1 nitrogen and oxygen atoms in total. The molecule has 0 heterocycles. The predicted molar refractivity (Wildman–Crippen MR) is 68.0 cm³/mol. The lowest BCUT2D eigenvalue weighted by atomic mass is 10.2. The molecule has 0 saturated heterocycles. The highest BCUT2D eigenvalue weighted by molar-refractivity contribution is 6.44.